The van der Waals surface area contributed by atoms with Crippen molar-refractivity contribution in [3.63, 3.8) is 0 Å². The van der Waals surface area contributed by atoms with Crippen molar-refractivity contribution in [2.24, 2.45) is 0 Å². The molecular formula is C22H18N2O4S. The molecule has 0 saturated heterocycles. The van der Waals surface area contributed by atoms with Crippen molar-refractivity contribution in [3.05, 3.63) is 82.7 Å². The van der Waals surface area contributed by atoms with E-state index in [0.717, 1.165) is 5.56 Å². The van der Waals surface area contributed by atoms with Crippen LogP contribution in [-0.4, -0.2) is 18.0 Å². The van der Waals surface area contributed by atoms with Gasteiger partial charge < -0.3 is 14.8 Å². The van der Waals surface area contributed by atoms with Crippen molar-refractivity contribution >= 4 is 28.2 Å². The van der Waals surface area contributed by atoms with Gasteiger partial charge in [0, 0.05) is 0 Å². The van der Waals surface area contributed by atoms with Crippen LogP contribution in [0.15, 0.2) is 66.0 Å². The summed E-state index contributed by atoms with van der Waals surface area (Å²) in [4.78, 5) is 24.7. The van der Waals surface area contributed by atoms with E-state index in [1.807, 2.05) is 36.4 Å². The topological polar surface area (TPSA) is 88.4 Å². The van der Waals surface area contributed by atoms with E-state index in [1.54, 1.807) is 35.7 Å². The van der Waals surface area contributed by atoms with Gasteiger partial charge in [-0.3, -0.25) is 4.79 Å². The van der Waals surface area contributed by atoms with Crippen LogP contribution in [0.25, 0.3) is 0 Å². The van der Waals surface area contributed by atoms with Crippen molar-refractivity contribution < 1.29 is 19.1 Å². The van der Waals surface area contributed by atoms with Crippen molar-refractivity contribution in [2.45, 2.75) is 19.6 Å². The molecule has 7 heteroatoms. The monoisotopic (exact) mass is 406 g/mol. The average Bonchev–Trinajstić information content (AvgIpc) is 3.20. The summed E-state index contributed by atoms with van der Waals surface area (Å²) in [6.45, 7) is 1.85. The molecule has 1 heterocycles. The Morgan fingerprint density at radius 3 is 2.69 bits per heavy atom. The summed E-state index contributed by atoms with van der Waals surface area (Å²) in [5, 5.41) is 13.7. The summed E-state index contributed by atoms with van der Waals surface area (Å²) in [5.74, 6) is -0.615. The van der Waals surface area contributed by atoms with Gasteiger partial charge in [-0.2, -0.15) is 5.26 Å². The van der Waals surface area contributed by atoms with Crippen LogP contribution >= 0.6 is 11.3 Å². The molecule has 3 aromatic rings. The molecule has 0 spiro atoms. The minimum Gasteiger partial charge on any atom is -0.489 e. The van der Waals surface area contributed by atoms with E-state index in [1.165, 1.54) is 18.3 Å². The number of carbonyl (C=O) groups excluding carboxylic acids is 2. The first-order valence-electron chi connectivity index (χ1n) is 8.83. The molecule has 0 aliphatic rings. The second-order valence-corrected chi connectivity index (χ2v) is 7.03. The number of nitrogens with zero attached hydrogens (tertiary/aromatic N) is 1. The zero-order valence-corrected chi connectivity index (χ0v) is 16.4. The Morgan fingerprint density at radius 2 is 1.93 bits per heavy atom. The molecule has 1 amide bonds. The molecule has 0 unspecified atom stereocenters. The largest absolute Gasteiger partial charge is 0.489 e. The number of nitriles is 1. The lowest BCUT2D eigenvalue weighted by Crippen LogP contribution is -2.29. The molecular weight excluding hydrogens is 388 g/mol. The molecule has 6 nitrogen and oxygen atoms in total. The Bertz CT molecular complexity index is 1040. The Kier molecular flexibility index (Phi) is 6.61. The van der Waals surface area contributed by atoms with Crippen LogP contribution in [-0.2, 0) is 16.1 Å². The van der Waals surface area contributed by atoms with Gasteiger partial charge in [-0.15, -0.1) is 11.3 Å². The van der Waals surface area contributed by atoms with Crippen molar-refractivity contribution in [3.8, 4) is 11.8 Å². The van der Waals surface area contributed by atoms with Gasteiger partial charge in [0.2, 0.25) is 0 Å². The highest BCUT2D eigenvalue weighted by Gasteiger charge is 2.20. The van der Waals surface area contributed by atoms with E-state index in [9.17, 15) is 9.59 Å². The summed E-state index contributed by atoms with van der Waals surface area (Å²) in [6, 6.07) is 19.9. The number of nitrogens with one attached hydrogen (secondary N) is 1. The van der Waals surface area contributed by atoms with Gasteiger partial charge in [0.05, 0.1) is 11.1 Å². The van der Waals surface area contributed by atoms with Crippen LogP contribution in [0.3, 0.4) is 0 Å². The molecule has 0 aliphatic heterocycles. The minimum atomic E-state index is -1.02. The second kappa shape index (κ2) is 9.53. The molecule has 146 valence electrons. The van der Waals surface area contributed by atoms with Gasteiger partial charge in [-0.05, 0) is 42.1 Å². The zero-order valence-electron chi connectivity index (χ0n) is 15.6. The first-order chi connectivity index (χ1) is 14.1. The Labute approximate surface area is 172 Å². The number of benzene rings is 2. The lowest BCUT2D eigenvalue weighted by molar-refractivity contribution is -0.123. The standard InChI is InChI=1S/C22H18N2O4S/c1-15(20(25)24-21-18(13-23)10-11-29-21)28-22(26)17-8-5-9-19(12-17)27-14-16-6-3-2-4-7-16/h2-12,15H,14H2,1H3,(H,24,25)/t15-/m1/s1. The molecule has 0 fully saturated rings. The van der Waals surface area contributed by atoms with Crippen LogP contribution < -0.4 is 10.1 Å². The fourth-order valence-electron chi connectivity index (χ4n) is 2.44. The van der Waals surface area contributed by atoms with E-state index in [-0.39, 0.29) is 5.56 Å². The average molecular weight is 406 g/mol. The lowest BCUT2D eigenvalue weighted by Gasteiger charge is -2.13. The van der Waals surface area contributed by atoms with Gasteiger partial charge in [-0.25, -0.2) is 4.79 Å². The molecule has 1 atom stereocenters. The molecule has 0 saturated carbocycles. The third-order valence-electron chi connectivity index (χ3n) is 3.99. The maximum absolute atomic E-state index is 12.4. The van der Waals surface area contributed by atoms with Gasteiger partial charge in [0.25, 0.3) is 5.91 Å². The van der Waals surface area contributed by atoms with Gasteiger partial charge in [0.15, 0.2) is 6.10 Å². The number of rotatable bonds is 7. The van der Waals surface area contributed by atoms with Crippen LogP contribution in [0.2, 0.25) is 0 Å². The number of hydrogen-bond donors (Lipinski definition) is 1. The van der Waals surface area contributed by atoms with Gasteiger partial charge in [0.1, 0.15) is 23.4 Å². The highest BCUT2D eigenvalue weighted by atomic mass is 32.1. The number of anilines is 1. The Morgan fingerprint density at radius 1 is 1.14 bits per heavy atom. The van der Waals surface area contributed by atoms with Crippen LogP contribution in [0.5, 0.6) is 5.75 Å². The predicted octanol–water partition coefficient (Wildman–Crippen LogP) is 4.38. The molecule has 2 aromatic carbocycles. The Hall–Kier alpha value is -3.63. The summed E-state index contributed by atoms with van der Waals surface area (Å²) in [7, 11) is 0. The molecule has 0 bridgehead atoms. The van der Waals surface area contributed by atoms with E-state index in [4.69, 9.17) is 14.7 Å². The SMILES string of the molecule is C[C@@H](OC(=O)c1cccc(OCc2ccccc2)c1)C(=O)Nc1sccc1C#N. The van der Waals surface area contributed by atoms with E-state index in [2.05, 4.69) is 5.32 Å². The first kappa shape index (κ1) is 20.1. The zero-order chi connectivity index (χ0) is 20.6. The van der Waals surface area contributed by atoms with Crippen molar-refractivity contribution in [1.29, 1.82) is 5.26 Å². The van der Waals surface area contributed by atoms with Crippen molar-refractivity contribution in [1.82, 2.24) is 0 Å². The quantitative estimate of drug-likeness (QED) is 0.588. The van der Waals surface area contributed by atoms with Crippen LogP contribution in [0.1, 0.15) is 28.4 Å². The number of thiophene rings is 1. The normalized spacial score (nSPS) is 11.2. The predicted molar refractivity (Wildman–Crippen MR) is 110 cm³/mol. The summed E-state index contributed by atoms with van der Waals surface area (Å²) in [5.41, 5.74) is 1.66. The highest BCUT2D eigenvalue weighted by Crippen LogP contribution is 2.22. The van der Waals surface area contributed by atoms with Gasteiger partial charge >= 0.3 is 5.97 Å². The summed E-state index contributed by atoms with van der Waals surface area (Å²) < 4.78 is 11.0. The number of hydrogen-bond acceptors (Lipinski definition) is 6. The fourth-order valence-corrected chi connectivity index (χ4v) is 3.18. The van der Waals surface area contributed by atoms with Crippen LogP contribution in [0, 0.1) is 11.3 Å². The van der Waals surface area contributed by atoms with E-state index >= 15 is 0 Å². The molecule has 0 radical (unpaired) electrons. The third kappa shape index (κ3) is 5.43. The Balaban J connectivity index is 1.58. The number of esters is 1. The molecule has 1 N–H and O–H groups in total. The molecule has 3 rings (SSSR count). The number of carbonyl (C=O) groups is 2. The molecule has 29 heavy (non-hydrogen) atoms. The fraction of sp³-hybridized carbons (Fsp3) is 0.136. The molecule has 1 aromatic heterocycles. The summed E-state index contributed by atoms with van der Waals surface area (Å²) in [6.07, 6.45) is -1.02. The highest BCUT2D eigenvalue weighted by molar-refractivity contribution is 7.14. The third-order valence-corrected chi connectivity index (χ3v) is 4.82. The minimum absolute atomic E-state index is 0.282. The number of amides is 1. The first-order valence-corrected chi connectivity index (χ1v) is 9.71. The second-order valence-electron chi connectivity index (χ2n) is 6.11. The smallest absolute Gasteiger partial charge is 0.339 e. The maximum Gasteiger partial charge on any atom is 0.339 e. The van der Waals surface area contributed by atoms with Crippen molar-refractivity contribution in [2.75, 3.05) is 5.32 Å². The van der Waals surface area contributed by atoms with Crippen LogP contribution in [0.4, 0.5) is 5.00 Å². The van der Waals surface area contributed by atoms with E-state index < -0.39 is 18.0 Å². The number of ether oxygens (including phenoxy) is 2. The summed E-state index contributed by atoms with van der Waals surface area (Å²) >= 11 is 1.23. The van der Waals surface area contributed by atoms with E-state index in [0.29, 0.717) is 22.9 Å². The maximum atomic E-state index is 12.4. The molecule has 0 aliphatic carbocycles. The van der Waals surface area contributed by atoms with Gasteiger partial charge in [-0.1, -0.05) is 36.4 Å². The lowest BCUT2D eigenvalue weighted by atomic mass is 10.2.